The number of benzene rings is 2. The fraction of sp³-hybridized carbons (Fsp3) is 0.581. The first-order valence-corrected chi connectivity index (χ1v) is 14.2. The fourth-order valence-electron chi connectivity index (χ4n) is 8.39. The lowest BCUT2D eigenvalue weighted by atomic mass is 9.47. The van der Waals surface area contributed by atoms with E-state index in [1.54, 1.807) is 6.07 Å². The van der Waals surface area contributed by atoms with Crippen LogP contribution in [0.5, 0.6) is 17.2 Å². The van der Waals surface area contributed by atoms with Crippen LogP contribution in [-0.4, -0.2) is 59.8 Å². The van der Waals surface area contributed by atoms with Gasteiger partial charge >= 0.3 is 0 Å². The first-order valence-electron chi connectivity index (χ1n) is 14.2. The van der Waals surface area contributed by atoms with Crippen LogP contribution in [0.2, 0.25) is 0 Å². The maximum absolute atomic E-state index is 13.5. The van der Waals surface area contributed by atoms with Gasteiger partial charge in [0.25, 0.3) is 0 Å². The molecule has 3 aliphatic heterocycles. The van der Waals surface area contributed by atoms with Gasteiger partial charge < -0.3 is 19.3 Å². The van der Waals surface area contributed by atoms with E-state index in [2.05, 4.69) is 29.2 Å². The second kappa shape index (κ2) is 8.74. The Morgan fingerprint density at radius 2 is 2.08 bits per heavy atom. The first-order chi connectivity index (χ1) is 18.0. The number of likely N-dealkylation sites (tertiary alicyclic amines) is 1. The maximum Gasteiger partial charge on any atom is 0.177 e. The van der Waals surface area contributed by atoms with Crippen molar-refractivity contribution in [1.29, 1.82) is 0 Å². The van der Waals surface area contributed by atoms with Gasteiger partial charge in [-0.2, -0.15) is 0 Å². The lowest BCUT2D eigenvalue weighted by Gasteiger charge is -2.60. The maximum atomic E-state index is 13.5. The first kappa shape index (κ1) is 23.5. The Morgan fingerprint density at radius 1 is 1.22 bits per heavy atom. The van der Waals surface area contributed by atoms with Gasteiger partial charge in [0.2, 0.25) is 0 Å². The highest BCUT2D eigenvalue weighted by atomic mass is 16.5. The zero-order valence-electron chi connectivity index (χ0n) is 21.7. The summed E-state index contributed by atoms with van der Waals surface area (Å²) in [5.74, 6) is 1.89. The molecular formula is C31H37NO5. The van der Waals surface area contributed by atoms with Crippen LogP contribution in [0.4, 0.5) is 0 Å². The van der Waals surface area contributed by atoms with Gasteiger partial charge in [0.1, 0.15) is 5.75 Å². The van der Waals surface area contributed by atoms with Gasteiger partial charge in [-0.1, -0.05) is 30.3 Å². The smallest absolute Gasteiger partial charge is 0.177 e. The number of aromatic hydroxyl groups is 1. The van der Waals surface area contributed by atoms with Gasteiger partial charge in [-0.25, -0.2) is 0 Å². The molecule has 0 amide bonds. The van der Waals surface area contributed by atoms with E-state index in [0.29, 0.717) is 36.8 Å². The van der Waals surface area contributed by atoms with Crippen LogP contribution in [0, 0.1) is 5.92 Å². The predicted molar refractivity (Wildman–Crippen MR) is 139 cm³/mol. The molecule has 2 bridgehead atoms. The van der Waals surface area contributed by atoms with Crippen molar-refractivity contribution in [2.75, 3.05) is 26.3 Å². The lowest BCUT2D eigenvalue weighted by molar-refractivity contribution is -0.155. The van der Waals surface area contributed by atoms with Crippen LogP contribution in [0.25, 0.3) is 0 Å². The van der Waals surface area contributed by atoms with E-state index in [4.69, 9.17) is 14.2 Å². The number of phenols is 1. The monoisotopic (exact) mass is 503 g/mol. The molecular weight excluding hydrogens is 466 g/mol. The Hall–Kier alpha value is -2.57. The number of ether oxygens (including phenoxy) is 3. The van der Waals surface area contributed by atoms with E-state index >= 15 is 0 Å². The van der Waals surface area contributed by atoms with Crippen LogP contribution in [0.3, 0.4) is 0 Å². The number of hydrogen-bond acceptors (Lipinski definition) is 6. The average Bonchev–Trinajstić information content (AvgIpc) is 3.51. The number of Topliss-reactive ketones (excluding diaryl/α,β-unsaturated/α-hetero) is 1. The van der Waals surface area contributed by atoms with E-state index in [1.807, 2.05) is 13.0 Å². The standard InChI is InChI=1S/C31H37NO5/c1-30-27(34)12-11-23-24-17-22-26(36-16-5-9-20-7-3-2-4-8-20)18-25(33)29(37-30)28(22)31(23,30)13-14-32(24)19-21-10-6-15-35-21/h2-4,7-8,18,21,23-24,33H,5-6,9-17,19H2,1H3/t21?,23-,24+,30-,31-/m0/s1. The molecule has 37 heavy (non-hydrogen) atoms. The number of phenolic OH excluding ortho intramolecular Hbond substituents is 1. The van der Waals surface area contributed by atoms with Crippen molar-refractivity contribution in [2.24, 2.45) is 5.92 Å². The molecule has 2 saturated heterocycles. The SMILES string of the molecule is C[C@@]12Oc3c(O)cc(OCCCc4ccccc4)c4c3[C@@]13CCN(CC1CCCO1)[C@H](C4)[C@@H]3CCC2=O. The van der Waals surface area contributed by atoms with Crippen LogP contribution in [0.1, 0.15) is 62.1 Å². The molecule has 1 N–H and O–H groups in total. The fourth-order valence-corrected chi connectivity index (χ4v) is 8.39. The van der Waals surface area contributed by atoms with E-state index in [9.17, 15) is 9.90 Å². The molecule has 6 nitrogen and oxygen atoms in total. The molecule has 2 aromatic rings. The molecule has 7 rings (SSSR count). The van der Waals surface area contributed by atoms with Crippen molar-refractivity contribution in [3.8, 4) is 17.2 Å². The third-order valence-corrected chi connectivity index (χ3v) is 10.1. The van der Waals surface area contributed by atoms with Gasteiger partial charge in [0.05, 0.1) is 18.1 Å². The molecule has 196 valence electrons. The minimum atomic E-state index is -0.926. The minimum Gasteiger partial charge on any atom is -0.504 e. The van der Waals surface area contributed by atoms with Crippen molar-refractivity contribution in [3.63, 3.8) is 0 Å². The highest BCUT2D eigenvalue weighted by Crippen LogP contribution is 2.68. The number of rotatable bonds is 7. The highest BCUT2D eigenvalue weighted by Gasteiger charge is 2.72. The van der Waals surface area contributed by atoms with Gasteiger partial charge in [-0.3, -0.25) is 9.69 Å². The molecule has 5 aliphatic rings. The zero-order chi connectivity index (χ0) is 25.2. The normalized spacial score (nSPS) is 33.8. The van der Waals surface area contributed by atoms with Gasteiger partial charge in [-0.15, -0.1) is 0 Å². The molecule has 1 saturated carbocycles. The molecule has 3 fully saturated rings. The van der Waals surface area contributed by atoms with Gasteiger partial charge in [0.15, 0.2) is 22.9 Å². The molecule has 1 spiro atoms. The van der Waals surface area contributed by atoms with E-state index in [1.165, 1.54) is 5.56 Å². The van der Waals surface area contributed by atoms with Gasteiger partial charge in [0, 0.05) is 42.8 Å². The van der Waals surface area contributed by atoms with Crippen molar-refractivity contribution in [2.45, 2.75) is 81.5 Å². The van der Waals surface area contributed by atoms with E-state index < -0.39 is 11.0 Å². The van der Waals surface area contributed by atoms with Gasteiger partial charge in [-0.05, 0) is 69.9 Å². The number of carbonyl (C=O) groups excluding carboxylic acids is 1. The summed E-state index contributed by atoms with van der Waals surface area (Å²) >= 11 is 0. The Labute approximate surface area is 218 Å². The Morgan fingerprint density at radius 3 is 2.89 bits per heavy atom. The second-order valence-electron chi connectivity index (χ2n) is 11.8. The number of carbonyl (C=O) groups is 1. The quantitative estimate of drug-likeness (QED) is 0.558. The van der Waals surface area contributed by atoms with Crippen molar-refractivity contribution < 1.29 is 24.1 Å². The average molecular weight is 504 g/mol. The van der Waals surface area contributed by atoms with Crippen molar-refractivity contribution in [3.05, 3.63) is 53.1 Å². The largest absolute Gasteiger partial charge is 0.504 e. The summed E-state index contributed by atoms with van der Waals surface area (Å²) in [4.78, 5) is 16.1. The molecule has 0 aromatic heterocycles. The summed E-state index contributed by atoms with van der Waals surface area (Å²) in [6.45, 7) is 5.32. The van der Waals surface area contributed by atoms with Crippen LogP contribution >= 0.6 is 0 Å². The summed E-state index contributed by atoms with van der Waals surface area (Å²) < 4.78 is 19.0. The summed E-state index contributed by atoms with van der Waals surface area (Å²) in [5, 5.41) is 11.1. The Bertz CT molecular complexity index is 1210. The number of piperidine rings is 1. The van der Waals surface area contributed by atoms with Crippen LogP contribution < -0.4 is 9.47 Å². The third-order valence-electron chi connectivity index (χ3n) is 10.1. The number of hydrogen-bond donors (Lipinski definition) is 1. The molecule has 5 atom stereocenters. The number of ketones is 1. The Balaban J connectivity index is 1.24. The second-order valence-corrected chi connectivity index (χ2v) is 11.8. The summed E-state index contributed by atoms with van der Waals surface area (Å²) in [7, 11) is 0. The molecule has 2 aliphatic carbocycles. The predicted octanol–water partition coefficient (Wildman–Crippen LogP) is 4.58. The lowest BCUT2D eigenvalue weighted by Crippen LogP contribution is -2.71. The molecule has 0 radical (unpaired) electrons. The third kappa shape index (κ3) is 3.41. The van der Waals surface area contributed by atoms with Crippen LogP contribution in [-0.2, 0) is 27.8 Å². The highest BCUT2D eigenvalue weighted by molar-refractivity contribution is 5.93. The number of aryl methyl sites for hydroxylation is 1. The minimum absolute atomic E-state index is 0.105. The molecule has 2 aromatic carbocycles. The van der Waals surface area contributed by atoms with E-state index in [0.717, 1.165) is 81.5 Å². The van der Waals surface area contributed by atoms with Crippen molar-refractivity contribution >= 4 is 5.78 Å². The summed E-state index contributed by atoms with van der Waals surface area (Å²) in [6, 6.07) is 12.5. The topological polar surface area (TPSA) is 68.2 Å². The zero-order valence-corrected chi connectivity index (χ0v) is 21.7. The van der Waals surface area contributed by atoms with Crippen molar-refractivity contribution in [1.82, 2.24) is 4.90 Å². The Kier molecular flexibility index (Phi) is 5.56. The summed E-state index contributed by atoms with van der Waals surface area (Å²) in [6.07, 6.45) is 7.57. The van der Waals surface area contributed by atoms with E-state index in [-0.39, 0.29) is 11.5 Å². The summed E-state index contributed by atoms with van der Waals surface area (Å²) in [5.41, 5.74) is 2.19. The number of nitrogens with zero attached hydrogens (tertiary/aromatic N) is 1. The molecule has 1 unspecified atom stereocenters. The molecule has 6 heteroatoms. The van der Waals surface area contributed by atoms with Crippen LogP contribution in [0.15, 0.2) is 36.4 Å². The molecule has 3 heterocycles.